The lowest BCUT2D eigenvalue weighted by Gasteiger charge is -2.04. The molecule has 2 heterocycles. The highest BCUT2D eigenvalue weighted by Crippen LogP contribution is 2.39. The fourth-order valence-corrected chi connectivity index (χ4v) is 1.83. The van der Waals surface area contributed by atoms with Crippen molar-refractivity contribution >= 4 is 5.69 Å². The van der Waals surface area contributed by atoms with Crippen LogP contribution in [0.5, 0.6) is 11.5 Å². The van der Waals surface area contributed by atoms with E-state index in [4.69, 9.17) is 0 Å². The smallest absolute Gasteiger partial charge is 0.395 e. The van der Waals surface area contributed by atoms with Gasteiger partial charge in [0.1, 0.15) is 0 Å². The van der Waals surface area contributed by atoms with E-state index in [-0.39, 0.29) is 11.5 Å². The molecule has 0 saturated carbocycles. The highest BCUT2D eigenvalue weighted by Gasteiger charge is 2.42. The Bertz CT molecular complexity index is 632. The molecule has 2 aromatic rings. The SMILES string of the molecule is FC1(F)Oc2ccccc2O1.c1ccc2c(c1)CN=N2. The molecule has 0 aromatic heterocycles. The van der Waals surface area contributed by atoms with Gasteiger partial charge in [0.25, 0.3) is 0 Å². The number of para-hydroxylation sites is 2. The van der Waals surface area contributed by atoms with Crippen LogP contribution in [0.3, 0.4) is 0 Å². The zero-order chi connectivity index (χ0) is 14.0. The van der Waals surface area contributed by atoms with E-state index in [0.717, 1.165) is 12.2 Å². The minimum Gasteiger partial charge on any atom is -0.395 e. The Morgan fingerprint density at radius 2 is 1.50 bits per heavy atom. The molecular formula is C14H10F2N2O2. The van der Waals surface area contributed by atoms with Gasteiger partial charge in [-0.25, -0.2) is 0 Å². The second-order valence-corrected chi connectivity index (χ2v) is 4.14. The van der Waals surface area contributed by atoms with Gasteiger partial charge in [0, 0.05) is 5.56 Å². The van der Waals surface area contributed by atoms with Gasteiger partial charge in [0.05, 0.1) is 12.2 Å². The molecule has 0 unspecified atom stereocenters. The first-order chi connectivity index (χ1) is 9.64. The summed E-state index contributed by atoms with van der Waals surface area (Å²) in [4.78, 5) is 0. The van der Waals surface area contributed by atoms with E-state index in [0.29, 0.717) is 0 Å². The lowest BCUT2D eigenvalue weighted by molar-refractivity contribution is -0.286. The van der Waals surface area contributed by atoms with Crippen molar-refractivity contribution < 1.29 is 18.3 Å². The van der Waals surface area contributed by atoms with Crippen LogP contribution in [0.2, 0.25) is 0 Å². The van der Waals surface area contributed by atoms with Crippen LogP contribution in [-0.4, -0.2) is 6.29 Å². The van der Waals surface area contributed by atoms with Crippen molar-refractivity contribution in [1.82, 2.24) is 0 Å². The Kier molecular flexibility index (Phi) is 3.06. The summed E-state index contributed by atoms with van der Waals surface area (Å²) in [5.74, 6) is 0.162. The van der Waals surface area contributed by atoms with E-state index in [2.05, 4.69) is 25.8 Å². The minimum absolute atomic E-state index is 0.0810. The van der Waals surface area contributed by atoms with E-state index in [1.54, 1.807) is 12.1 Å². The number of nitrogens with zero attached hydrogens (tertiary/aromatic N) is 2. The highest BCUT2D eigenvalue weighted by molar-refractivity contribution is 5.46. The van der Waals surface area contributed by atoms with E-state index in [9.17, 15) is 8.78 Å². The Morgan fingerprint density at radius 1 is 0.900 bits per heavy atom. The molecule has 0 N–H and O–H groups in total. The van der Waals surface area contributed by atoms with E-state index < -0.39 is 6.29 Å². The molecule has 0 aliphatic carbocycles. The third-order valence-electron chi connectivity index (χ3n) is 2.72. The Balaban J connectivity index is 0.000000123. The summed E-state index contributed by atoms with van der Waals surface area (Å²) in [5.41, 5.74) is 2.26. The number of azo groups is 1. The summed E-state index contributed by atoms with van der Waals surface area (Å²) < 4.78 is 32.9. The third-order valence-corrected chi connectivity index (χ3v) is 2.72. The third kappa shape index (κ3) is 2.59. The molecule has 0 amide bonds. The largest absolute Gasteiger partial charge is 0.586 e. The summed E-state index contributed by atoms with van der Waals surface area (Å²) >= 11 is 0. The average molecular weight is 276 g/mol. The molecule has 0 fully saturated rings. The van der Waals surface area contributed by atoms with Crippen molar-refractivity contribution in [3.8, 4) is 11.5 Å². The van der Waals surface area contributed by atoms with Crippen molar-refractivity contribution in [2.45, 2.75) is 12.8 Å². The first-order valence-electron chi connectivity index (χ1n) is 5.94. The van der Waals surface area contributed by atoms with Crippen molar-refractivity contribution in [1.29, 1.82) is 0 Å². The van der Waals surface area contributed by atoms with Gasteiger partial charge in [-0.1, -0.05) is 30.3 Å². The molecule has 0 saturated heterocycles. The number of ether oxygens (including phenoxy) is 2. The molecule has 2 aromatic carbocycles. The van der Waals surface area contributed by atoms with Gasteiger partial charge >= 0.3 is 6.29 Å². The number of benzene rings is 2. The topological polar surface area (TPSA) is 43.2 Å². The summed E-state index contributed by atoms with van der Waals surface area (Å²) in [6.07, 6.45) is -3.50. The molecule has 0 bridgehead atoms. The number of alkyl halides is 2. The van der Waals surface area contributed by atoms with Crippen LogP contribution in [-0.2, 0) is 6.54 Å². The molecule has 4 nitrogen and oxygen atoms in total. The second-order valence-electron chi connectivity index (χ2n) is 4.14. The van der Waals surface area contributed by atoms with Crippen LogP contribution in [0.1, 0.15) is 5.56 Å². The molecule has 20 heavy (non-hydrogen) atoms. The molecule has 0 spiro atoms. The summed E-state index contributed by atoms with van der Waals surface area (Å²) in [5, 5.41) is 7.80. The van der Waals surface area contributed by atoms with E-state index in [1.165, 1.54) is 17.7 Å². The zero-order valence-corrected chi connectivity index (χ0v) is 10.3. The molecule has 4 rings (SSSR count). The summed E-state index contributed by atoms with van der Waals surface area (Å²) in [6.45, 7) is 0.760. The lowest BCUT2D eigenvalue weighted by atomic mass is 10.2. The molecule has 6 heteroatoms. The molecule has 0 radical (unpaired) electrons. The summed E-state index contributed by atoms with van der Waals surface area (Å²) in [6, 6.07) is 14.1. The van der Waals surface area contributed by atoms with Crippen LogP contribution in [0.4, 0.5) is 14.5 Å². The van der Waals surface area contributed by atoms with Gasteiger partial charge in [-0.05, 0) is 18.2 Å². The van der Waals surface area contributed by atoms with Crippen LogP contribution in [0, 0.1) is 0 Å². The standard InChI is InChI=1S/C7H4F2O2.C7H6N2/c8-7(9)10-5-3-1-2-4-6(5)11-7;1-2-4-7-6(3-1)5-8-9-7/h1-4H;1-4H,5H2. The van der Waals surface area contributed by atoms with Crippen molar-refractivity contribution in [3.05, 3.63) is 54.1 Å². The molecule has 2 aliphatic heterocycles. The normalized spacial score (nSPS) is 16.3. The van der Waals surface area contributed by atoms with Gasteiger partial charge in [0.15, 0.2) is 11.5 Å². The van der Waals surface area contributed by atoms with Crippen molar-refractivity contribution in [2.24, 2.45) is 10.2 Å². The van der Waals surface area contributed by atoms with Gasteiger partial charge in [-0.15, -0.1) is 8.78 Å². The van der Waals surface area contributed by atoms with Crippen LogP contribution < -0.4 is 9.47 Å². The van der Waals surface area contributed by atoms with Gasteiger partial charge in [-0.3, -0.25) is 0 Å². The van der Waals surface area contributed by atoms with E-state index in [1.807, 2.05) is 18.2 Å². The monoisotopic (exact) mass is 276 g/mol. The number of halogens is 2. The van der Waals surface area contributed by atoms with Crippen LogP contribution in [0.25, 0.3) is 0 Å². The Hall–Kier alpha value is -2.50. The average Bonchev–Trinajstić information content (AvgIpc) is 3.00. The fourth-order valence-electron chi connectivity index (χ4n) is 1.83. The van der Waals surface area contributed by atoms with Gasteiger partial charge < -0.3 is 9.47 Å². The Labute approximate surface area is 113 Å². The number of hydrogen-bond donors (Lipinski definition) is 0. The molecule has 102 valence electrons. The van der Waals surface area contributed by atoms with Crippen molar-refractivity contribution in [2.75, 3.05) is 0 Å². The maximum atomic E-state index is 12.3. The number of rotatable bonds is 0. The predicted molar refractivity (Wildman–Crippen MR) is 67.3 cm³/mol. The maximum Gasteiger partial charge on any atom is 0.586 e. The maximum absolute atomic E-state index is 12.3. The second kappa shape index (κ2) is 4.88. The highest BCUT2D eigenvalue weighted by atomic mass is 19.3. The molecule has 0 atom stereocenters. The van der Waals surface area contributed by atoms with Crippen LogP contribution in [0.15, 0.2) is 58.8 Å². The minimum atomic E-state index is -3.50. The molecular weight excluding hydrogens is 266 g/mol. The number of fused-ring (bicyclic) bond motifs is 2. The predicted octanol–water partition coefficient (Wildman–Crippen LogP) is 4.29. The van der Waals surface area contributed by atoms with E-state index >= 15 is 0 Å². The first kappa shape index (κ1) is 12.5. The van der Waals surface area contributed by atoms with Gasteiger partial charge in [0.2, 0.25) is 0 Å². The Morgan fingerprint density at radius 3 is 2.15 bits per heavy atom. The van der Waals surface area contributed by atoms with Gasteiger partial charge in [-0.2, -0.15) is 10.2 Å². The zero-order valence-electron chi connectivity index (χ0n) is 10.3. The quantitative estimate of drug-likeness (QED) is 0.720. The molecule has 2 aliphatic rings. The fraction of sp³-hybridized carbons (Fsp3) is 0.143. The number of hydrogen-bond acceptors (Lipinski definition) is 4. The van der Waals surface area contributed by atoms with Crippen LogP contribution >= 0.6 is 0 Å². The summed E-state index contributed by atoms with van der Waals surface area (Å²) in [7, 11) is 0. The first-order valence-corrected chi connectivity index (χ1v) is 5.94. The van der Waals surface area contributed by atoms with Crippen molar-refractivity contribution in [3.63, 3.8) is 0 Å². The lowest BCUT2D eigenvalue weighted by Crippen LogP contribution is -2.25.